The molecule has 0 amide bonds. The average Bonchev–Trinajstić information content (AvgIpc) is 2.90. The van der Waals surface area contributed by atoms with Gasteiger partial charge in [-0.2, -0.15) is 0 Å². The van der Waals surface area contributed by atoms with Crippen molar-refractivity contribution in [3.05, 3.63) is 59.1 Å². The largest absolute Gasteiger partial charge is 0.367 e. The number of likely N-dealkylation sites (tertiary alicyclic amines) is 1. The van der Waals surface area contributed by atoms with Crippen LogP contribution in [0.3, 0.4) is 0 Å². The first-order valence-electron chi connectivity index (χ1n) is 9.83. The van der Waals surface area contributed by atoms with Crippen molar-refractivity contribution in [3.8, 4) is 0 Å². The molecule has 142 valence electrons. The van der Waals surface area contributed by atoms with Crippen molar-refractivity contribution < 1.29 is 9.59 Å². The van der Waals surface area contributed by atoms with Gasteiger partial charge in [-0.3, -0.25) is 19.6 Å². The van der Waals surface area contributed by atoms with Crippen LogP contribution in [0.2, 0.25) is 0 Å². The van der Waals surface area contributed by atoms with Gasteiger partial charge in [0.1, 0.15) is 0 Å². The predicted molar refractivity (Wildman–Crippen MR) is 107 cm³/mol. The quantitative estimate of drug-likeness (QED) is 0.716. The minimum absolute atomic E-state index is 0.00838. The summed E-state index contributed by atoms with van der Waals surface area (Å²) in [5, 5.41) is 0. The molecule has 1 aliphatic heterocycles. The van der Waals surface area contributed by atoms with Crippen LogP contribution in [0.15, 0.2) is 47.9 Å². The van der Waals surface area contributed by atoms with Gasteiger partial charge in [0.2, 0.25) is 5.78 Å². The number of fused-ring (bicyclic) bond motifs is 6. The third-order valence-corrected chi connectivity index (χ3v) is 6.20. The Morgan fingerprint density at radius 3 is 2.04 bits per heavy atom. The number of allylic oxidation sites excluding steroid dienone is 3. The number of aromatic nitrogens is 2. The van der Waals surface area contributed by atoms with Crippen molar-refractivity contribution in [2.75, 3.05) is 13.1 Å². The lowest BCUT2D eigenvalue weighted by Gasteiger charge is -2.37. The van der Waals surface area contributed by atoms with E-state index in [2.05, 4.69) is 27.0 Å². The molecule has 0 saturated carbocycles. The van der Waals surface area contributed by atoms with Gasteiger partial charge in [0.15, 0.2) is 5.78 Å². The number of carbonyl (C=O) groups is 2. The van der Waals surface area contributed by atoms with E-state index in [0.29, 0.717) is 23.1 Å². The molecule has 5 heteroatoms. The smallest absolute Gasteiger partial charge is 0.205 e. The molecular formula is C23H23N3O2. The Bertz CT molecular complexity index is 1040. The monoisotopic (exact) mass is 373 g/mol. The highest BCUT2D eigenvalue weighted by molar-refractivity contribution is 6.20. The summed E-state index contributed by atoms with van der Waals surface area (Å²) < 4.78 is 0. The molecule has 2 heterocycles. The van der Waals surface area contributed by atoms with E-state index in [1.165, 1.54) is 23.3 Å². The minimum atomic E-state index is -0.348. The lowest BCUT2D eigenvalue weighted by atomic mass is 9.79. The minimum Gasteiger partial charge on any atom is -0.367 e. The van der Waals surface area contributed by atoms with Crippen LogP contribution in [0.5, 0.6) is 0 Å². The normalized spacial score (nSPS) is 24.3. The van der Waals surface area contributed by atoms with E-state index in [4.69, 9.17) is 0 Å². The van der Waals surface area contributed by atoms with Crippen LogP contribution >= 0.6 is 0 Å². The van der Waals surface area contributed by atoms with Gasteiger partial charge < -0.3 is 4.90 Å². The van der Waals surface area contributed by atoms with Crippen LogP contribution in [0, 0.1) is 5.41 Å². The molecule has 3 aliphatic rings. The fourth-order valence-electron chi connectivity index (χ4n) is 4.88. The number of hydrogen-bond acceptors (Lipinski definition) is 5. The van der Waals surface area contributed by atoms with E-state index in [0.717, 1.165) is 30.5 Å². The summed E-state index contributed by atoms with van der Waals surface area (Å²) in [6.45, 7) is 7.46. The Kier molecular flexibility index (Phi) is 3.60. The molecule has 1 fully saturated rings. The van der Waals surface area contributed by atoms with Gasteiger partial charge in [-0.15, -0.1) is 0 Å². The predicted octanol–water partition coefficient (Wildman–Crippen LogP) is 3.52. The second-order valence-corrected chi connectivity index (χ2v) is 9.13. The van der Waals surface area contributed by atoms with Gasteiger partial charge in [0, 0.05) is 49.0 Å². The first kappa shape index (κ1) is 17.3. The van der Waals surface area contributed by atoms with Gasteiger partial charge in [0.05, 0.1) is 16.7 Å². The number of carbonyl (C=O) groups excluding carboxylic acids is 2. The molecule has 1 aromatic carbocycles. The molecule has 2 aliphatic carbocycles. The molecule has 28 heavy (non-hydrogen) atoms. The molecule has 0 spiro atoms. The number of benzene rings is 1. The van der Waals surface area contributed by atoms with Crippen molar-refractivity contribution in [2.24, 2.45) is 5.41 Å². The number of piperidine rings is 1. The molecule has 1 aromatic heterocycles. The summed E-state index contributed by atoms with van der Waals surface area (Å²) in [4.78, 5) is 36.5. The summed E-state index contributed by atoms with van der Waals surface area (Å²) >= 11 is 0. The van der Waals surface area contributed by atoms with E-state index >= 15 is 0 Å². The Morgan fingerprint density at radius 1 is 0.929 bits per heavy atom. The number of rotatable bonds is 1. The Morgan fingerprint density at radius 2 is 1.50 bits per heavy atom. The van der Waals surface area contributed by atoms with E-state index in [1.54, 1.807) is 12.4 Å². The van der Waals surface area contributed by atoms with Crippen LogP contribution in [0.1, 0.15) is 50.2 Å². The molecule has 2 aromatic rings. The summed E-state index contributed by atoms with van der Waals surface area (Å²) in [5.74, 6) is 0.612. The van der Waals surface area contributed by atoms with Crippen LogP contribution < -0.4 is 0 Å². The van der Waals surface area contributed by atoms with Crippen LogP contribution in [-0.2, 0) is 9.59 Å². The first-order valence-corrected chi connectivity index (χ1v) is 9.83. The van der Waals surface area contributed by atoms with E-state index in [1.807, 2.05) is 20.8 Å². The van der Waals surface area contributed by atoms with Gasteiger partial charge in [-0.25, -0.2) is 0 Å². The van der Waals surface area contributed by atoms with Crippen molar-refractivity contribution in [1.29, 1.82) is 0 Å². The molecule has 2 atom stereocenters. The number of hydrogen-bond donors (Lipinski definition) is 0. The second-order valence-electron chi connectivity index (χ2n) is 9.13. The van der Waals surface area contributed by atoms with Crippen LogP contribution in [-0.4, -0.2) is 39.5 Å². The van der Waals surface area contributed by atoms with Crippen molar-refractivity contribution >= 4 is 22.6 Å². The average molecular weight is 373 g/mol. The fraction of sp³-hybridized carbons (Fsp3) is 0.391. The number of ketones is 2. The summed E-state index contributed by atoms with van der Waals surface area (Å²) in [6, 6.07) is 4.32. The van der Waals surface area contributed by atoms with Gasteiger partial charge in [0.25, 0.3) is 0 Å². The van der Waals surface area contributed by atoms with Crippen molar-refractivity contribution in [3.63, 3.8) is 0 Å². The van der Waals surface area contributed by atoms with Crippen LogP contribution in [0.25, 0.3) is 11.0 Å². The Balaban J connectivity index is 1.50. The molecule has 2 bridgehead atoms. The number of nitrogens with zero attached hydrogens (tertiary/aromatic N) is 3. The summed E-state index contributed by atoms with van der Waals surface area (Å²) in [5.41, 5.74) is 5.29. The van der Waals surface area contributed by atoms with Gasteiger partial charge in [-0.1, -0.05) is 20.8 Å². The fourth-order valence-corrected chi connectivity index (χ4v) is 4.88. The second kappa shape index (κ2) is 5.84. The highest BCUT2D eigenvalue weighted by Gasteiger charge is 2.41. The Labute approximate surface area is 164 Å². The van der Waals surface area contributed by atoms with Gasteiger partial charge >= 0.3 is 0 Å². The van der Waals surface area contributed by atoms with E-state index in [-0.39, 0.29) is 17.0 Å². The third kappa shape index (κ3) is 2.60. The zero-order valence-corrected chi connectivity index (χ0v) is 16.4. The zero-order valence-electron chi connectivity index (χ0n) is 16.4. The lowest BCUT2D eigenvalue weighted by Crippen LogP contribution is -2.39. The maximum atomic E-state index is 13.2. The lowest BCUT2D eigenvalue weighted by molar-refractivity contribution is -0.117. The molecule has 5 rings (SSSR count). The topological polar surface area (TPSA) is 63.2 Å². The van der Waals surface area contributed by atoms with Crippen molar-refractivity contribution in [1.82, 2.24) is 14.9 Å². The molecule has 2 unspecified atom stereocenters. The van der Waals surface area contributed by atoms with Crippen molar-refractivity contribution in [2.45, 2.75) is 39.0 Å². The van der Waals surface area contributed by atoms with E-state index in [9.17, 15) is 9.59 Å². The zero-order chi connectivity index (χ0) is 19.6. The van der Waals surface area contributed by atoms with Gasteiger partial charge in [-0.05, 0) is 41.2 Å². The third-order valence-electron chi connectivity index (χ3n) is 6.20. The SMILES string of the molecule is CC(C)(C)C1=CC(=O)C=C(N2CC3CC(C2)c2cc4nccnc4cc23)C1=O. The maximum absolute atomic E-state index is 13.2. The standard InChI is InChI=1S/C23H23N3O2/c1-23(2,3)18-7-15(27)8-21(22(18)28)26-11-13-6-14(12-26)17-10-20-19(9-16(13)17)24-4-5-25-20/h4-5,7-10,13-14H,6,11-12H2,1-3H3. The highest BCUT2D eigenvalue weighted by atomic mass is 16.1. The Hall–Kier alpha value is -2.82. The van der Waals surface area contributed by atoms with Crippen LogP contribution in [0.4, 0.5) is 0 Å². The highest BCUT2D eigenvalue weighted by Crippen LogP contribution is 2.48. The molecule has 0 radical (unpaired) electrons. The maximum Gasteiger partial charge on any atom is 0.205 e. The summed E-state index contributed by atoms with van der Waals surface area (Å²) in [7, 11) is 0. The summed E-state index contributed by atoms with van der Waals surface area (Å²) in [6.07, 6.45) is 7.55. The van der Waals surface area contributed by atoms with E-state index < -0.39 is 0 Å². The molecule has 1 saturated heterocycles. The molecule has 5 nitrogen and oxygen atoms in total. The number of Topliss-reactive ketones (excluding diaryl/α,β-unsaturated/α-hetero) is 1. The molecular weight excluding hydrogens is 350 g/mol. The molecule has 0 N–H and O–H groups in total. The first-order chi connectivity index (χ1) is 13.3.